The Hall–Kier alpha value is -1.46. The number of benzene rings is 1. The normalized spacial score (nSPS) is 12.7. The van der Waals surface area contributed by atoms with Crippen LogP contribution in [-0.2, 0) is 6.54 Å². The molecule has 0 radical (unpaired) electrons. The fraction of sp³-hybridized carbons (Fsp3) is 0.333. The van der Waals surface area contributed by atoms with Gasteiger partial charge in [-0.2, -0.15) is 0 Å². The molecule has 1 unspecified atom stereocenters. The van der Waals surface area contributed by atoms with Gasteiger partial charge < -0.3 is 5.73 Å². The lowest BCUT2D eigenvalue weighted by Gasteiger charge is -2.03. The van der Waals surface area contributed by atoms with Gasteiger partial charge in [-0.1, -0.05) is 29.8 Å². The largest absolute Gasteiger partial charge is 0.323 e. The van der Waals surface area contributed by atoms with Gasteiger partial charge in [0.15, 0.2) is 0 Å². The molecule has 4 nitrogen and oxygen atoms in total. The zero-order chi connectivity index (χ0) is 13.1. The fourth-order valence-electron chi connectivity index (χ4n) is 1.59. The molecule has 0 aliphatic heterocycles. The SMILES string of the molecule is CCC(N)c1cn(Cc2ccc(F)c(Cl)c2)nn1. The summed E-state index contributed by atoms with van der Waals surface area (Å²) < 4.78 is 14.7. The van der Waals surface area contributed by atoms with Gasteiger partial charge in [0.25, 0.3) is 0 Å². The van der Waals surface area contributed by atoms with Crippen LogP contribution in [0.2, 0.25) is 5.02 Å². The van der Waals surface area contributed by atoms with Crippen LogP contribution in [0.3, 0.4) is 0 Å². The number of nitrogens with zero attached hydrogens (tertiary/aromatic N) is 3. The predicted molar refractivity (Wildman–Crippen MR) is 67.8 cm³/mol. The Bertz CT molecular complexity index is 541. The highest BCUT2D eigenvalue weighted by Gasteiger charge is 2.09. The Balaban J connectivity index is 2.13. The molecule has 0 amide bonds. The second-order valence-corrected chi connectivity index (χ2v) is 4.51. The van der Waals surface area contributed by atoms with Crippen LogP contribution in [0.5, 0.6) is 0 Å². The Morgan fingerprint density at radius 3 is 2.94 bits per heavy atom. The molecule has 0 spiro atoms. The number of hydrogen-bond acceptors (Lipinski definition) is 3. The molecule has 1 atom stereocenters. The molecular weight excluding hydrogens is 255 g/mol. The third-order valence-corrected chi connectivity index (χ3v) is 2.99. The van der Waals surface area contributed by atoms with Gasteiger partial charge in [0.05, 0.1) is 29.5 Å². The topological polar surface area (TPSA) is 56.7 Å². The molecule has 2 rings (SSSR count). The minimum Gasteiger partial charge on any atom is -0.323 e. The monoisotopic (exact) mass is 268 g/mol. The summed E-state index contributed by atoms with van der Waals surface area (Å²) in [5.74, 6) is -0.423. The number of hydrogen-bond donors (Lipinski definition) is 1. The third-order valence-electron chi connectivity index (χ3n) is 2.70. The van der Waals surface area contributed by atoms with Gasteiger partial charge >= 0.3 is 0 Å². The summed E-state index contributed by atoms with van der Waals surface area (Å²) >= 11 is 5.72. The van der Waals surface area contributed by atoms with Crippen molar-refractivity contribution < 1.29 is 4.39 Å². The zero-order valence-corrected chi connectivity index (χ0v) is 10.7. The molecule has 96 valence electrons. The van der Waals surface area contributed by atoms with E-state index in [1.807, 2.05) is 6.92 Å². The summed E-state index contributed by atoms with van der Waals surface area (Å²) in [5.41, 5.74) is 7.48. The molecule has 2 aromatic rings. The molecule has 0 aliphatic rings. The lowest BCUT2D eigenvalue weighted by Crippen LogP contribution is -2.08. The summed E-state index contributed by atoms with van der Waals surface area (Å²) in [7, 11) is 0. The molecule has 0 saturated carbocycles. The van der Waals surface area contributed by atoms with Crippen molar-refractivity contribution in [3.8, 4) is 0 Å². The van der Waals surface area contributed by atoms with Crippen molar-refractivity contribution in [3.63, 3.8) is 0 Å². The fourth-order valence-corrected chi connectivity index (χ4v) is 1.80. The highest BCUT2D eigenvalue weighted by atomic mass is 35.5. The van der Waals surface area contributed by atoms with Gasteiger partial charge in [-0.3, -0.25) is 0 Å². The highest BCUT2D eigenvalue weighted by Crippen LogP contribution is 2.17. The van der Waals surface area contributed by atoms with Crippen molar-refractivity contribution in [1.29, 1.82) is 0 Å². The molecule has 0 fully saturated rings. The third kappa shape index (κ3) is 2.86. The first-order valence-corrected chi connectivity index (χ1v) is 6.07. The van der Waals surface area contributed by atoms with Gasteiger partial charge in [-0.15, -0.1) is 5.10 Å². The number of rotatable bonds is 4. The summed E-state index contributed by atoms with van der Waals surface area (Å²) in [6, 6.07) is 4.49. The second kappa shape index (κ2) is 5.46. The maximum atomic E-state index is 13.0. The molecule has 0 bridgehead atoms. The highest BCUT2D eigenvalue weighted by molar-refractivity contribution is 6.30. The van der Waals surface area contributed by atoms with Crippen LogP contribution in [0.4, 0.5) is 4.39 Å². The van der Waals surface area contributed by atoms with Crippen LogP contribution in [0.25, 0.3) is 0 Å². The molecule has 2 N–H and O–H groups in total. The summed E-state index contributed by atoms with van der Waals surface area (Å²) in [4.78, 5) is 0. The molecule has 0 aliphatic carbocycles. The lowest BCUT2D eigenvalue weighted by atomic mass is 10.2. The van der Waals surface area contributed by atoms with Gasteiger partial charge in [0, 0.05) is 0 Å². The first kappa shape index (κ1) is 13.0. The van der Waals surface area contributed by atoms with E-state index in [9.17, 15) is 4.39 Å². The Kier molecular flexibility index (Phi) is 3.93. The van der Waals surface area contributed by atoms with E-state index >= 15 is 0 Å². The van der Waals surface area contributed by atoms with Crippen LogP contribution < -0.4 is 5.73 Å². The first-order chi connectivity index (χ1) is 8.60. The van der Waals surface area contributed by atoms with Gasteiger partial charge in [-0.25, -0.2) is 9.07 Å². The van der Waals surface area contributed by atoms with E-state index in [4.69, 9.17) is 17.3 Å². The van der Waals surface area contributed by atoms with E-state index in [0.717, 1.165) is 17.7 Å². The van der Waals surface area contributed by atoms with E-state index in [1.165, 1.54) is 6.07 Å². The molecule has 1 heterocycles. The number of aromatic nitrogens is 3. The van der Waals surface area contributed by atoms with Crippen molar-refractivity contribution in [3.05, 3.63) is 46.5 Å². The standard InChI is InChI=1S/C12H14ClFN4/c1-2-11(15)12-7-18(17-16-12)6-8-3-4-10(14)9(13)5-8/h3-5,7,11H,2,6,15H2,1H3. The van der Waals surface area contributed by atoms with Crippen LogP contribution in [0, 0.1) is 5.82 Å². The number of halogens is 2. The van der Waals surface area contributed by atoms with Crippen LogP contribution in [0.15, 0.2) is 24.4 Å². The van der Waals surface area contributed by atoms with E-state index in [-0.39, 0.29) is 11.1 Å². The second-order valence-electron chi connectivity index (χ2n) is 4.10. The molecule has 0 saturated heterocycles. The Labute approximate surface area is 110 Å². The van der Waals surface area contributed by atoms with Crippen molar-refractivity contribution in [2.24, 2.45) is 5.73 Å². The maximum absolute atomic E-state index is 13.0. The molecule has 1 aromatic carbocycles. The van der Waals surface area contributed by atoms with Gasteiger partial charge in [0.1, 0.15) is 5.82 Å². The van der Waals surface area contributed by atoms with Crippen molar-refractivity contribution in [2.45, 2.75) is 25.9 Å². The molecule has 1 aromatic heterocycles. The summed E-state index contributed by atoms with van der Waals surface area (Å²) in [5, 5.41) is 8.10. The minimum atomic E-state index is -0.423. The quantitative estimate of drug-likeness (QED) is 0.927. The number of nitrogens with two attached hydrogens (primary N) is 1. The lowest BCUT2D eigenvalue weighted by molar-refractivity contribution is 0.621. The van der Waals surface area contributed by atoms with Crippen molar-refractivity contribution >= 4 is 11.6 Å². The minimum absolute atomic E-state index is 0.101. The smallest absolute Gasteiger partial charge is 0.141 e. The van der Waals surface area contributed by atoms with E-state index in [2.05, 4.69) is 10.3 Å². The summed E-state index contributed by atoms with van der Waals surface area (Å²) in [6.07, 6.45) is 2.60. The van der Waals surface area contributed by atoms with Crippen LogP contribution >= 0.6 is 11.6 Å². The van der Waals surface area contributed by atoms with E-state index < -0.39 is 5.82 Å². The van der Waals surface area contributed by atoms with Gasteiger partial charge in [-0.05, 0) is 24.1 Å². The average molecular weight is 269 g/mol. The summed E-state index contributed by atoms with van der Waals surface area (Å²) in [6.45, 7) is 2.48. The predicted octanol–water partition coefficient (Wildman–Crippen LogP) is 2.53. The Morgan fingerprint density at radius 1 is 1.50 bits per heavy atom. The van der Waals surface area contributed by atoms with Crippen LogP contribution in [0.1, 0.15) is 30.6 Å². The first-order valence-electron chi connectivity index (χ1n) is 5.69. The molecule has 18 heavy (non-hydrogen) atoms. The van der Waals surface area contributed by atoms with Gasteiger partial charge in [0.2, 0.25) is 0 Å². The molecule has 6 heteroatoms. The maximum Gasteiger partial charge on any atom is 0.141 e. The molecular formula is C12H14ClFN4. The van der Waals surface area contributed by atoms with E-state index in [0.29, 0.717) is 6.54 Å². The van der Waals surface area contributed by atoms with E-state index in [1.54, 1.807) is 23.0 Å². The zero-order valence-electron chi connectivity index (χ0n) is 9.98. The van der Waals surface area contributed by atoms with Crippen molar-refractivity contribution in [1.82, 2.24) is 15.0 Å². The van der Waals surface area contributed by atoms with Crippen LogP contribution in [-0.4, -0.2) is 15.0 Å². The van der Waals surface area contributed by atoms with Crippen molar-refractivity contribution in [2.75, 3.05) is 0 Å². The Morgan fingerprint density at radius 2 is 2.28 bits per heavy atom. The average Bonchev–Trinajstić information content (AvgIpc) is 2.81.